The Morgan fingerprint density at radius 1 is 1.24 bits per heavy atom. The second-order valence-electron chi connectivity index (χ2n) is 6.01. The van der Waals surface area contributed by atoms with Crippen LogP contribution in [0.15, 0.2) is 46.9 Å². The van der Waals surface area contributed by atoms with E-state index >= 15 is 0 Å². The quantitative estimate of drug-likeness (QED) is 0.775. The Morgan fingerprint density at radius 2 is 1.96 bits per heavy atom. The first-order valence-corrected chi connectivity index (χ1v) is 8.96. The third-order valence-corrected chi connectivity index (χ3v) is 4.95. The standard InChI is InChI=1S/C19H20BrFN2O2/c1-22(19(24)16-12-15(21)6-7-17(16)20)13-14-4-2-3-5-18(14)23-8-10-25-11-9-23/h2-7,12H,8-11,13H2,1H3. The maximum Gasteiger partial charge on any atom is 0.255 e. The Labute approximate surface area is 155 Å². The predicted octanol–water partition coefficient (Wildman–Crippen LogP) is 3.70. The molecule has 0 atom stereocenters. The molecule has 1 fully saturated rings. The van der Waals surface area contributed by atoms with Crippen LogP contribution in [0.5, 0.6) is 0 Å². The molecule has 0 radical (unpaired) electrons. The van der Waals surface area contributed by atoms with E-state index in [4.69, 9.17) is 4.74 Å². The first-order chi connectivity index (χ1) is 12.1. The van der Waals surface area contributed by atoms with Crippen LogP contribution >= 0.6 is 15.9 Å². The van der Waals surface area contributed by atoms with Gasteiger partial charge in [-0.2, -0.15) is 0 Å². The number of anilines is 1. The summed E-state index contributed by atoms with van der Waals surface area (Å²) in [5.74, 6) is -0.642. The van der Waals surface area contributed by atoms with Gasteiger partial charge in [-0.05, 0) is 45.8 Å². The normalized spacial score (nSPS) is 14.4. The van der Waals surface area contributed by atoms with Crippen LogP contribution in [0.25, 0.3) is 0 Å². The van der Waals surface area contributed by atoms with Gasteiger partial charge in [0.15, 0.2) is 0 Å². The van der Waals surface area contributed by atoms with Crippen molar-refractivity contribution < 1.29 is 13.9 Å². The molecule has 1 amide bonds. The zero-order valence-electron chi connectivity index (χ0n) is 14.0. The zero-order chi connectivity index (χ0) is 17.8. The molecule has 2 aromatic rings. The van der Waals surface area contributed by atoms with Gasteiger partial charge in [-0.1, -0.05) is 18.2 Å². The minimum absolute atomic E-state index is 0.219. The molecule has 3 rings (SSSR count). The van der Waals surface area contributed by atoms with Crippen molar-refractivity contribution in [2.75, 3.05) is 38.3 Å². The van der Waals surface area contributed by atoms with Gasteiger partial charge >= 0.3 is 0 Å². The fraction of sp³-hybridized carbons (Fsp3) is 0.316. The number of carbonyl (C=O) groups excluding carboxylic acids is 1. The van der Waals surface area contributed by atoms with E-state index in [1.54, 1.807) is 18.0 Å². The number of morpholine rings is 1. The van der Waals surface area contributed by atoms with Crippen molar-refractivity contribution in [1.29, 1.82) is 0 Å². The highest BCUT2D eigenvalue weighted by molar-refractivity contribution is 9.10. The topological polar surface area (TPSA) is 32.8 Å². The Balaban J connectivity index is 1.80. The van der Waals surface area contributed by atoms with Gasteiger partial charge in [-0.25, -0.2) is 4.39 Å². The first kappa shape index (κ1) is 17.9. The number of para-hydroxylation sites is 1. The van der Waals surface area contributed by atoms with Crippen molar-refractivity contribution in [2.24, 2.45) is 0 Å². The molecule has 0 aromatic heterocycles. The molecule has 0 aliphatic carbocycles. The minimum Gasteiger partial charge on any atom is -0.378 e. The van der Waals surface area contributed by atoms with Crippen LogP contribution in [0.4, 0.5) is 10.1 Å². The third-order valence-electron chi connectivity index (χ3n) is 4.26. The van der Waals surface area contributed by atoms with Gasteiger partial charge in [0.2, 0.25) is 0 Å². The summed E-state index contributed by atoms with van der Waals surface area (Å²) >= 11 is 3.33. The van der Waals surface area contributed by atoms with Gasteiger partial charge in [-0.3, -0.25) is 4.79 Å². The fourth-order valence-corrected chi connectivity index (χ4v) is 3.37. The number of rotatable bonds is 4. The van der Waals surface area contributed by atoms with E-state index in [-0.39, 0.29) is 5.91 Å². The lowest BCUT2D eigenvalue weighted by molar-refractivity contribution is 0.0783. The second kappa shape index (κ2) is 7.97. The van der Waals surface area contributed by atoms with Gasteiger partial charge < -0.3 is 14.5 Å². The molecule has 1 aliphatic heterocycles. The fourth-order valence-electron chi connectivity index (χ4n) is 2.95. The van der Waals surface area contributed by atoms with E-state index in [2.05, 4.69) is 26.9 Å². The van der Waals surface area contributed by atoms with Gasteiger partial charge in [0.1, 0.15) is 5.82 Å². The lowest BCUT2D eigenvalue weighted by Gasteiger charge is -2.31. The van der Waals surface area contributed by atoms with Crippen molar-refractivity contribution >= 4 is 27.5 Å². The monoisotopic (exact) mass is 406 g/mol. The minimum atomic E-state index is -0.423. The first-order valence-electron chi connectivity index (χ1n) is 8.17. The summed E-state index contributed by atoms with van der Waals surface area (Å²) in [6, 6.07) is 12.2. The molecule has 4 nitrogen and oxygen atoms in total. The van der Waals surface area contributed by atoms with Crippen LogP contribution in [0.1, 0.15) is 15.9 Å². The Morgan fingerprint density at radius 3 is 2.72 bits per heavy atom. The van der Waals surface area contributed by atoms with Crippen LogP contribution in [-0.2, 0) is 11.3 Å². The molecule has 1 aliphatic rings. The average molecular weight is 407 g/mol. The lowest BCUT2D eigenvalue weighted by Crippen LogP contribution is -2.37. The summed E-state index contributed by atoms with van der Waals surface area (Å²) < 4.78 is 19.5. The number of hydrogen-bond donors (Lipinski definition) is 0. The summed E-state index contributed by atoms with van der Waals surface area (Å²) in [5, 5.41) is 0. The maximum atomic E-state index is 13.5. The van der Waals surface area contributed by atoms with Crippen molar-refractivity contribution in [3.63, 3.8) is 0 Å². The number of benzene rings is 2. The van der Waals surface area contributed by atoms with Gasteiger partial charge in [0.25, 0.3) is 5.91 Å². The molecule has 0 unspecified atom stereocenters. The van der Waals surface area contributed by atoms with Gasteiger partial charge in [-0.15, -0.1) is 0 Å². The lowest BCUT2D eigenvalue weighted by atomic mass is 10.1. The van der Waals surface area contributed by atoms with Crippen molar-refractivity contribution in [3.8, 4) is 0 Å². The Bertz CT molecular complexity index is 763. The van der Waals surface area contributed by atoms with Crippen molar-refractivity contribution in [3.05, 3.63) is 63.9 Å². The number of ether oxygens (including phenoxy) is 1. The molecule has 132 valence electrons. The maximum absolute atomic E-state index is 13.5. The van der Waals surface area contributed by atoms with Crippen molar-refractivity contribution in [1.82, 2.24) is 4.90 Å². The molecule has 0 N–H and O–H groups in total. The number of amides is 1. The highest BCUT2D eigenvalue weighted by Crippen LogP contribution is 2.24. The third kappa shape index (κ3) is 4.19. The summed E-state index contributed by atoms with van der Waals surface area (Å²) in [6.07, 6.45) is 0. The van der Waals surface area contributed by atoms with Crippen LogP contribution in [0.2, 0.25) is 0 Å². The van der Waals surface area contributed by atoms with E-state index in [1.807, 2.05) is 18.2 Å². The molecule has 0 spiro atoms. The van der Waals surface area contributed by atoms with E-state index in [0.717, 1.165) is 24.3 Å². The Kier molecular flexibility index (Phi) is 5.71. The smallest absolute Gasteiger partial charge is 0.255 e. The summed E-state index contributed by atoms with van der Waals surface area (Å²) in [4.78, 5) is 16.6. The largest absolute Gasteiger partial charge is 0.378 e. The highest BCUT2D eigenvalue weighted by Gasteiger charge is 2.19. The van der Waals surface area contributed by atoms with Crippen molar-refractivity contribution in [2.45, 2.75) is 6.54 Å². The molecule has 6 heteroatoms. The molecule has 0 saturated carbocycles. The second-order valence-corrected chi connectivity index (χ2v) is 6.87. The summed E-state index contributed by atoms with van der Waals surface area (Å²) in [6.45, 7) is 3.54. The van der Waals surface area contributed by atoms with Crippen LogP contribution in [0, 0.1) is 5.82 Å². The Hall–Kier alpha value is -1.92. The molecule has 2 aromatic carbocycles. The molecular weight excluding hydrogens is 387 g/mol. The van der Waals surface area contributed by atoms with E-state index in [9.17, 15) is 9.18 Å². The van der Waals surface area contributed by atoms with E-state index < -0.39 is 5.82 Å². The predicted molar refractivity (Wildman–Crippen MR) is 99.4 cm³/mol. The van der Waals surface area contributed by atoms with Crippen LogP contribution < -0.4 is 4.90 Å². The van der Waals surface area contributed by atoms with Crippen LogP contribution in [0.3, 0.4) is 0 Å². The number of hydrogen-bond acceptors (Lipinski definition) is 3. The summed E-state index contributed by atoms with van der Waals surface area (Å²) in [5.41, 5.74) is 2.50. The number of carbonyl (C=O) groups is 1. The number of halogens is 2. The molecule has 0 bridgehead atoms. The van der Waals surface area contributed by atoms with Crippen LogP contribution in [-0.4, -0.2) is 44.2 Å². The van der Waals surface area contributed by atoms with Gasteiger partial charge in [0.05, 0.1) is 18.8 Å². The molecule has 1 saturated heterocycles. The molecule has 25 heavy (non-hydrogen) atoms. The number of nitrogens with zero attached hydrogens (tertiary/aromatic N) is 2. The zero-order valence-corrected chi connectivity index (χ0v) is 15.6. The molecule has 1 heterocycles. The van der Waals surface area contributed by atoms with E-state index in [1.165, 1.54) is 12.1 Å². The average Bonchev–Trinajstić information content (AvgIpc) is 2.64. The SMILES string of the molecule is CN(Cc1ccccc1N1CCOCC1)C(=O)c1cc(F)ccc1Br. The van der Waals surface area contributed by atoms with E-state index in [0.29, 0.717) is 29.8 Å². The summed E-state index contributed by atoms with van der Waals surface area (Å²) in [7, 11) is 1.73. The highest BCUT2D eigenvalue weighted by atomic mass is 79.9. The van der Waals surface area contributed by atoms with Gasteiger partial charge in [0, 0.05) is 36.8 Å². The molecular formula is C19H20BrFN2O2.